The minimum atomic E-state index is -4.52. The second-order valence-corrected chi connectivity index (χ2v) is 4.08. The molecule has 0 radical (unpaired) electrons. The van der Waals surface area contributed by atoms with Crippen molar-refractivity contribution in [1.82, 2.24) is 9.78 Å². The second kappa shape index (κ2) is 4.84. The maximum absolute atomic E-state index is 12.6. The second-order valence-electron chi connectivity index (χ2n) is 3.45. The first-order valence-electron chi connectivity index (χ1n) is 4.72. The highest BCUT2D eigenvalue weighted by molar-refractivity contribution is 6.31. The van der Waals surface area contributed by atoms with Crippen LogP contribution in [-0.4, -0.2) is 9.78 Å². The van der Waals surface area contributed by atoms with Crippen LogP contribution in [-0.2, 0) is 12.1 Å². The SMILES string of the molecule is CCC(C)n1nc(C(F)(F)F)c(CCl)c1Cl. The van der Waals surface area contributed by atoms with Crippen LogP contribution in [0.25, 0.3) is 0 Å². The zero-order chi connectivity index (χ0) is 12.5. The van der Waals surface area contributed by atoms with Crippen LogP contribution in [0.2, 0.25) is 5.15 Å². The predicted molar refractivity (Wildman–Crippen MR) is 56.8 cm³/mol. The first kappa shape index (κ1) is 13.6. The van der Waals surface area contributed by atoms with Gasteiger partial charge in [0.1, 0.15) is 5.15 Å². The third-order valence-corrected chi connectivity index (χ3v) is 3.02. The van der Waals surface area contributed by atoms with Crippen molar-refractivity contribution in [2.24, 2.45) is 0 Å². The van der Waals surface area contributed by atoms with Gasteiger partial charge in [0, 0.05) is 5.56 Å². The maximum atomic E-state index is 12.6. The number of aromatic nitrogens is 2. The molecule has 1 atom stereocenters. The van der Waals surface area contributed by atoms with Gasteiger partial charge in [-0.25, -0.2) is 0 Å². The third kappa shape index (κ3) is 2.46. The van der Waals surface area contributed by atoms with E-state index < -0.39 is 11.9 Å². The molecule has 0 saturated carbocycles. The van der Waals surface area contributed by atoms with Gasteiger partial charge < -0.3 is 0 Å². The summed E-state index contributed by atoms with van der Waals surface area (Å²) in [7, 11) is 0. The molecule has 0 amide bonds. The number of nitrogens with zero attached hydrogens (tertiary/aromatic N) is 2. The molecule has 1 rings (SSSR count). The van der Waals surface area contributed by atoms with Gasteiger partial charge in [0.05, 0.1) is 11.9 Å². The third-order valence-electron chi connectivity index (χ3n) is 2.35. The van der Waals surface area contributed by atoms with Gasteiger partial charge in [-0.2, -0.15) is 18.3 Å². The molecule has 2 nitrogen and oxygen atoms in total. The van der Waals surface area contributed by atoms with Crippen molar-refractivity contribution in [1.29, 1.82) is 0 Å². The molecular formula is C9H11Cl2F3N2. The molecule has 1 unspecified atom stereocenters. The molecule has 0 spiro atoms. The fraction of sp³-hybridized carbons (Fsp3) is 0.667. The Bertz CT molecular complexity index is 374. The van der Waals surface area contributed by atoms with Gasteiger partial charge in [-0.3, -0.25) is 4.68 Å². The van der Waals surface area contributed by atoms with Crippen molar-refractivity contribution in [2.45, 2.75) is 38.4 Å². The number of hydrogen-bond donors (Lipinski definition) is 0. The van der Waals surface area contributed by atoms with Crippen LogP contribution < -0.4 is 0 Å². The fourth-order valence-corrected chi connectivity index (χ4v) is 1.94. The van der Waals surface area contributed by atoms with Gasteiger partial charge in [0.25, 0.3) is 0 Å². The van der Waals surface area contributed by atoms with Crippen LogP contribution >= 0.6 is 23.2 Å². The van der Waals surface area contributed by atoms with Crippen molar-refractivity contribution >= 4 is 23.2 Å². The molecule has 0 aliphatic heterocycles. The highest BCUT2D eigenvalue weighted by Gasteiger charge is 2.39. The summed E-state index contributed by atoms with van der Waals surface area (Å²) in [5.41, 5.74) is -1.15. The Morgan fingerprint density at radius 3 is 2.31 bits per heavy atom. The Labute approximate surface area is 101 Å². The van der Waals surface area contributed by atoms with E-state index in [9.17, 15) is 13.2 Å². The van der Waals surface area contributed by atoms with Crippen molar-refractivity contribution in [3.8, 4) is 0 Å². The van der Waals surface area contributed by atoms with Crippen LogP contribution in [0.1, 0.15) is 37.6 Å². The van der Waals surface area contributed by atoms with Gasteiger partial charge in [-0.15, -0.1) is 11.6 Å². The minimum Gasteiger partial charge on any atom is -0.250 e. The summed E-state index contributed by atoms with van der Waals surface area (Å²) in [4.78, 5) is 0. The molecule has 1 heterocycles. The van der Waals surface area contributed by atoms with Crippen molar-refractivity contribution in [2.75, 3.05) is 0 Å². The Morgan fingerprint density at radius 1 is 1.44 bits per heavy atom. The molecule has 0 aliphatic rings. The lowest BCUT2D eigenvalue weighted by Gasteiger charge is -2.10. The highest BCUT2D eigenvalue weighted by Crippen LogP contribution is 2.36. The largest absolute Gasteiger partial charge is 0.435 e. The van der Waals surface area contributed by atoms with E-state index in [2.05, 4.69) is 5.10 Å². The lowest BCUT2D eigenvalue weighted by molar-refractivity contribution is -0.142. The van der Waals surface area contributed by atoms with Crippen molar-refractivity contribution in [3.05, 3.63) is 16.4 Å². The van der Waals surface area contributed by atoms with Gasteiger partial charge >= 0.3 is 6.18 Å². The van der Waals surface area contributed by atoms with Crippen LogP contribution in [0.5, 0.6) is 0 Å². The summed E-state index contributed by atoms with van der Waals surface area (Å²) in [5.74, 6) is -0.301. The number of alkyl halides is 4. The molecule has 0 saturated heterocycles. The molecule has 7 heteroatoms. The number of rotatable bonds is 3. The molecule has 0 bridgehead atoms. The van der Waals surface area contributed by atoms with Gasteiger partial charge in [0.2, 0.25) is 0 Å². The van der Waals surface area contributed by atoms with E-state index in [4.69, 9.17) is 23.2 Å². The molecule has 16 heavy (non-hydrogen) atoms. The van der Waals surface area contributed by atoms with E-state index in [0.29, 0.717) is 6.42 Å². The van der Waals surface area contributed by atoms with Crippen LogP contribution in [0.3, 0.4) is 0 Å². The molecule has 92 valence electrons. The van der Waals surface area contributed by atoms with E-state index in [-0.39, 0.29) is 22.6 Å². The molecule has 0 fully saturated rings. The summed E-state index contributed by atoms with van der Waals surface area (Å²) in [6, 6.07) is -0.189. The van der Waals surface area contributed by atoms with E-state index in [1.165, 1.54) is 4.68 Å². The van der Waals surface area contributed by atoms with Crippen LogP contribution in [0.4, 0.5) is 13.2 Å². The number of hydrogen-bond acceptors (Lipinski definition) is 1. The normalized spacial score (nSPS) is 14.2. The molecule has 1 aromatic heterocycles. The standard InChI is InChI=1S/C9H11Cl2F3N2/c1-3-5(2)16-8(11)6(4-10)7(15-16)9(12,13)14/h5H,3-4H2,1-2H3. The first-order valence-corrected chi connectivity index (χ1v) is 5.64. The van der Waals surface area contributed by atoms with Crippen molar-refractivity contribution < 1.29 is 13.2 Å². The minimum absolute atomic E-state index is 0.0309. The van der Waals surface area contributed by atoms with Crippen LogP contribution in [0.15, 0.2) is 0 Å². The monoisotopic (exact) mass is 274 g/mol. The highest BCUT2D eigenvalue weighted by atomic mass is 35.5. The molecule has 0 aliphatic carbocycles. The zero-order valence-corrected chi connectivity index (χ0v) is 10.3. The van der Waals surface area contributed by atoms with Crippen molar-refractivity contribution in [3.63, 3.8) is 0 Å². The van der Waals surface area contributed by atoms with E-state index in [1.807, 2.05) is 6.92 Å². The summed E-state index contributed by atoms with van der Waals surface area (Å²) < 4.78 is 39.0. The molecular weight excluding hydrogens is 264 g/mol. The smallest absolute Gasteiger partial charge is 0.250 e. The Kier molecular flexibility index (Phi) is 4.12. The fourth-order valence-electron chi connectivity index (χ4n) is 1.26. The molecule has 0 N–H and O–H groups in total. The van der Waals surface area contributed by atoms with Crippen LogP contribution in [0, 0.1) is 0 Å². The maximum Gasteiger partial charge on any atom is 0.435 e. The van der Waals surface area contributed by atoms with E-state index in [0.717, 1.165) is 0 Å². The predicted octanol–water partition coefficient (Wildman–Crippen LogP) is 4.27. The molecule has 1 aromatic rings. The summed E-state index contributed by atoms with van der Waals surface area (Å²) in [5, 5.41) is 3.47. The van der Waals surface area contributed by atoms with Gasteiger partial charge in [-0.05, 0) is 13.3 Å². The van der Waals surface area contributed by atoms with E-state index in [1.54, 1.807) is 6.92 Å². The Morgan fingerprint density at radius 2 is 2.00 bits per heavy atom. The lowest BCUT2D eigenvalue weighted by Crippen LogP contribution is -2.11. The average Bonchev–Trinajstić information content (AvgIpc) is 2.53. The van der Waals surface area contributed by atoms with Gasteiger partial charge in [-0.1, -0.05) is 18.5 Å². The summed E-state index contributed by atoms with van der Waals surface area (Å²) >= 11 is 11.3. The Balaban J connectivity index is 3.31. The number of halogens is 5. The topological polar surface area (TPSA) is 17.8 Å². The van der Waals surface area contributed by atoms with Gasteiger partial charge in [0.15, 0.2) is 5.69 Å². The summed E-state index contributed by atoms with van der Waals surface area (Å²) in [6.45, 7) is 3.59. The molecule has 0 aromatic carbocycles. The lowest BCUT2D eigenvalue weighted by atomic mass is 10.2. The average molecular weight is 275 g/mol. The quantitative estimate of drug-likeness (QED) is 0.753. The summed E-state index contributed by atoms with van der Waals surface area (Å²) in [6.07, 6.45) is -3.88. The van der Waals surface area contributed by atoms with E-state index >= 15 is 0 Å². The zero-order valence-electron chi connectivity index (χ0n) is 8.78. The first-order chi connectivity index (χ1) is 7.32. The Hall–Kier alpha value is -0.420.